The van der Waals surface area contributed by atoms with Crippen LogP contribution in [0.2, 0.25) is 0 Å². The second-order valence-electron chi connectivity index (χ2n) is 3.89. The lowest BCUT2D eigenvalue weighted by atomic mass is 10.1. The Labute approximate surface area is 129 Å². The van der Waals surface area contributed by atoms with E-state index in [9.17, 15) is 9.59 Å². The van der Waals surface area contributed by atoms with Gasteiger partial charge >= 0.3 is 11.9 Å². The van der Waals surface area contributed by atoms with E-state index in [1.165, 1.54) is 23.1 Å². The van der Waals surface area contributed by atoms with Crippen molar-refractivity contribution in [1.29, 1.82) is 0 Å². The molecule has 1 aromatic heterocycles. The summed E-state index contributed by atoms with van der Waals surface area (Å²) < 4.78 is 1.80. The molecule has 1 aromatic carbocycles. The number of carboxylic acids is 2. The lowest BCUT2D eigenvalue weighted by Gasteiger charge is -2.07. The summed E-state index contributed by atoms with van der Waals surface area (Å²) in [5.74, 6) is -2.87. The minimum Gasteiger partial charge on any atom is -0.481 e. The zero-order valence-corrected chi connectivity index (χ0v) is 12.8. The topological polar surface area (TPSA) is 157 Å². The molecule has 0 aliphatic rings. The van der Waals surface area contributed by atoms with Crippen molar-refractivity contribution >= 4 is 45.3 Å². The fourth-order valence-electron chi connectivity index (χ4n) is 1.51. The molecule has 116 valence electrons. The molecule has 2 aromatic rings. The lowest BCUT2D eigenvalue weighted by molar-refractivity contribution is -0.147. The highest BCUT2D eigenvalue weighted by Crippen LogP contribution is 2.30. The van der Waals surface area contributed by atoms with Gasteiger partial charge in [0.2, 0.25) is 0 Å². The van der Waals surface area contributed by atoms with Gasteiger partial charge in [0, 0.05) is 5.75 Å². The number of para-hydroxylation sites is 1. The summed E-state index contributed by atoms with van der Waals surface area (Å²) in [7, 11) is 0. The number of hydrogen-bond donors (Lipinski definition) is 4. The molecule has 0 aliphatic carbocycles. The predicted octanol–water partition coefficient (Wildman–Crippen LogP) is 2.89. The molecule has 0 saturated heterocycles. The maximum Gasteiger partial charge on any atom is 0.307 e. The van der Waals surface area contributed by atoms with E-state index in [1.807, 2.05) is 24.3 Å². The van der Waals surface area contributed by atoms with Crippen LogP contribution in [0.25, 0.3) is 10.2 Å². The van der Waals surface area contributed by atoms with E-state index in [0.717, 1.165) is 14.6 Å². The molecular formula is C12H17N3O4S2. The van der Waals surface area contributed by atoms with Gasteiger partial charge < -0.3 is 22.5 Å². The molecule has 21 heavy (non-hydrogen) atoms. The summed E-state index contributed by atoms with van der Waals surface area (Å²) in [6, 6.07) is 7.64. The first-order valence-corrected chi connectivity index (χ1v) is 7.29. The second-order valence-corrected chi connectivity index (χ2v) is 6.19. The molecular weight excluding hydrogens is 314 g/mol. The van der Waals surface area contributed by atoms with Crippen molar-refractivity contribution < 1.29 is 19.8 Å². The number of thioether (sulfide) groups is 1. The Bertz CT molecular complexity index is 584. The van der Waals surface area contributed by atoms with Crippen molar-refractivity contribution in [1.82, 2.24) is 17.3 Å². The Morgan fingerprint density at radius 1 is 1.24 bits per heavy atom. The zero-order chi connectivity index (χ0) is 13.8. The number of carboxylic acid groups (broad SMARTS) is 2. The van der Waals surface area contributed by atoms with Gasteiger partial charge in [0.15, 0.2) is 4.34 Å². The van der Waals surface area contributed by atoms with Crippen molar-refractivity contribution in [2.24, 2.45) is 5.92 Å². The average Bonchev–Trinajstić information content (AvgIpc) is 2.76. The van der Waals surface area contributed by atoms with Crippen molar-refractivity contribution in [3.05, 3.63) is 24.3 Å². The third-order valence-electron chi connectivity index (χ3n) is 2.45. The molecule has 1 atom stereocenters. The summed E-state index contributed by atoms with van der Waals surface area (Å²) in [5.41, 5.74) is 0.875. The van der Waals surface area contributed by atoms with Crippen LogP contribution < -0.4 is 12.3 Å². The number of hydrogen-bond acceptors (Lipinski definition) is 7. The quantitative estimate of drug-likeness (QED) is 0.588. The zero-order valence-electron chi connectivity index (χ0n) is 11.2. The first-order valence-electron chi connectivity index (χ1n) is 5.49. The van der Waals surface area contributed by atoms with E-state index in [2.05, 4.69) is 4.98 Å². The van der Waals surface area contributed by atoms with Gasteiger partial charge in [0.1, 0.15) is 0 Å². The van der Waals surface area contributed by atoms with Crippen LogP contribution in [0.1, 0.15) is 6.42 Å². The van der Waals surface area contributed by atoms with Crippen molar-refractivity contribution in [3.63, 3.8) is 0 Å². The monoisotopic (exact) mass is 331 g/mol. The van der Waals surface area contributed by atoms with Crippen molar-refractivity contribution in [2.75, 3.05) is 5.75 Å². The minimum absolute atomic E-state index is 0. The van der Waals surface area contributed by atoms with E-state index < -0.39 is 17.9 Å². The van der Waals surface area contributed by atoms with Gasteiger partial charge in [-0.15, -0.1) is 11.3 Å². The molecule has 1 heterocycles. The van der Waals surface area contributed by atoms with Crippen molar-refractivity contribution in [3.8, 4) is 0 Å². The summed E-state index contributed by atoms with van der Waals surface area (Å²) in [6.07, 6.45) is -0.368. The highest BCUT2D eigenvalue weighted by molar-refractivity contribution is 8.01. The minimum atomic E-state index is -1.10. The molecule has 0 bridgehead atoms. The molecule has 0 spiro atoms. The molecule has 1 unspecified atom stereocenters. The number of rotatable bonds is 6. The SMILES string of the molecule is N.N.O=C(O)CC(CSc1nc2ccccc2s1)C(=O)O. The molecule has 7 nitrogen and oxygen atoms in total. The number of nitrogens with zero attached hydrogens (tertiary/aromatic N) is 1. The Kier molecular flexibility index (Phi) is 7.89. The van der Waals surface area contributed by atoms with E-state index in [-0.39, 0.29) is 24.5 Å². The second kappa shape index (κ2) is 8.57. The number of aromatic nitrogens is 1. The fourth-order valence-corrected chi connectivity index (χ4v) is 3.69. The highest BCUT2D eigenvalue weighted by Gasteiger charge is 2.21. The summed E-state index contributed by atoms with van der Waals surface area (Å²) in [4.78, 5) is 25.9. The summed E-state index contributed by atoms with van der Waals surface area (Å²) in [6.45, 7) is 0. The number of carbonyl (C=O) groups is 2. The van der Waals surface area contributed by atoms with Crippen molar-refractivity contribution in [2.45, 2.75) is 10.8 Å². The number of thiazole rings is 1. The van der Waals surface area contributed by atoms with E-state index in [1.54, 1.807) is 0 Å². The molecule has 0 radical (unpaired) electrons. The highest BCUT2D eigenvalue weighted by atomic mass is 32.2. The standard InChI is InChI=1S/C12H11NO4S2.2H3N/c14-10(15)5-7(11(16)17)6-18-12-13-8-3-1-2-4-9(8)19-12;;/h1-4,7H,5-6H2,(H,14,15)(H,16,17);2*1H3. The fraction of sp³-hybridized carbons (Fsp3) is 0.250. The third kappa shape index (κ3) is 5.31. The first kappa shape index (κ1) is 19.3. The molecule has 0 aliphatic heterocycles. The van der Waals surface area contributed by atoms with Gasteiger partial charge in [-0.3, -0.25) is 9.59 Å². The van der Waals surface area contributed by atoms with Gasteiger partial charge in [-0.25, -0.2) is 4.98 Å². The maximum absolute atomic E-state index is 10.9. The maximum atomic E-state index is 10.9. The van der Waals surface area contributed by atoms with Gasteiger partial charge in [0.25, 0.3) is 0 Å². The van der Waals surface area contributed by atoms with Crippen LogP contribution in [-0.2, 0) is 9.59 Å². The lowest BCUT2D eigenvalue weighted by Crippen LogP contribution is -2.19. The van der Waals surface area contributed by atoms with Crippen LogP contribution in [0, 0.1) is 5.92 Å². The summed E-state index contributed by atoms with van der Waals surface area (Å²) >= 11 is 2.77. The van der Waals surface area contributed by atoms with Gasteiger partial charge in [-0.1, -0.05) is 23.9 Å². The van der Waals surface area contributed by atoms with Crippen LogP contribution in [0.3, 0.4) is 0 Å². The average molecular weight is 331 g/mol. The molecule has 8 N–H and O–H groups in total. The molecule has 0 fully saturated rings. The van der Waals surface area contributed by atoms with Crippen LogP contribution in [0.4, 0.5) is 0 Å². The normalized spacial score (nSPS) is 11.2. The largest absolute Gasteiger partial charge is 0.481 e. The first-order chi connectivity index (χ1) is 9.06. The Balaban J connectivity index is 0.00000200. The van der Waals surface area contributed by atoms with Gasteiger partial charge in [-0.2, -0.15) is 0 Å². The Hall–Kier alpha value is -1.68. The van der Waals surface area contributed by atoms with Crippen LogP contribution in [0.5, 0.6) is 0 Å². The van der Waals surface area contributed by atoms with Crippen LogP contribution in [0.15, 0.2) is 28.6 Å². The van der Waals surface area contributed by atoms with E-state index >= 15 is 0 Å². The number of fused-ring (bicyclic) bond motifs is 1. The van der Waals surface area contributed by atoms with Gasteiger partial charge in [-0.05, 0) is 12.1 Å². The van der Waals surface area contributed by atoms with Crippen LogP contribution in [-0.4, -0.2) is 32.9 Å². The Morgan fingerprint density at radius 2 is 1.90 bits per heavy atom. The third-order valence-corrected chi connectivity index (χ3v) is 4.79. The molecule has 9 heteroatoms. The molecule has 0 amide bonds. The summed E-state index contributed by atoms with van der Waals surface area (Å²) in [5, 5.41) is 17.6. The molecule has 2 rings (SSSR count). The van der Waals surface area contributed by atoms with Crippen LogP contribution >= 0.6 is 23.1 Å². The number of benzene rings is 1. The Morgan fingerprint density at radius 3 is 2.48 bits per heavy atom. The smallest absolute Gasteiger partial charge is 0.307 e. The predicted molar refractivity (Wildman–Crippen MR) is 83.8 cm³/mol. The molecule has 0 saturated carbocycles. The number of aliphatic carboxylic acids is 2. The van der Waals surface area contributed by atoms with E-state index in [0.29, 0.717) is 0 Å². The van der Waals surface area contributed by atoms with E-state index in [4.69, 9.17) is 10.2 Å². The van der Waals surface area contributed by atoms with Gasteiger partial charge in [0.05, 0.1) is 22.6 Å².